The lowest BCUT2D eigenvalue weighted by atomic mass is 10.0. The summed E-state index contributed by atoms with van der Waals surface area (Å²) in [6.07, 6.45) is 5.23. The Bertz CT molecular complexity index is 884. The highest BCUT2D eigenvalue weighted by atomic mass is 16.5. The minimum absolute atomic E-state index is 0.0733. The number of imidazole rings is 1. The van der Waals surface area contributed by atoms with Gasteiger partial charge in [-0.15, -0.1) is 0 Å². The summed E-state index contributed by atoms with van der Waals surface area (Å²) in [4.78, 5) is 30.5. The van der Waals surface area contributed by atoms with E-state index in [4.69, 9.17) is 9.47 Å². The minimum Gasteiger partial charge on any atom is -0.383 e. The fraction of sp³-hybridized carbons (Fsp3) is 0.700. The third kappa shape index (κ3) is 3.69. The molecule has 5 heterocycles. The molecule has 3 fully saturated rings. The molecule has 3 saturated heterocycles. The number of carbonyl (C=O) groups excluding carboxylic acids is 1. The summed E-state index contributed by atoms with van der Waals surface area (Å²) in [6.45, 7) is 6.18. The molecule has 3 aliphatic heterocycles. The number of aromatic nitrogens is 4. The molecule has 0 bridgehead atoms. The van der Waals surface area contributed by atoms with Crippen molar-refractivity contribution in [2.45, 2.75) is 25.4 Å². The molecule has 10 nitrogen and oxygen atoms in total. The molecule has 3 aliphatic rings. The standard InChI is InChI=1S/C20H29N7O3/c1-29-7-4-25-13-23-17-18(25)21-12-22-19(17)26-8-14-10-27(11-15(14)9-26)20(28)24-16-2-5-30-6-3-16/h12-16H,2-11H2,1H3,(H,24,28). The van der Waals surface area contributed by atoms with Gasteiger partial charge in [0.15, 0.2) is 17.0 Å². The van der Waals surface area contributed by atoms with Crippen molar-refractivity contribution in [3.63, 3.8) is 0 Å². The van der Waals surface area contributed by atoms with Crippen LogP contribution in [-0.4, -0.2) is 89.6 Å². The zero-order valence-corrected chi connectivity index (χ0v) is 17.4. The van der Waals surface area contributed by atoms with E-state index in [2.05, 4.69) is 25.2 Å². The van der Waals surface area contributed by atoms with Gasteiger partial charge in [0.25, 0.3) is 0 Å². The molecule has 0 aliphatic carbocycles. The third-order valence-electron chi connectivity index (χ3n) is 6.54. The van der Waals surface area contributed by atoms with Gasteiger partial charge in [-0.25, -0.2) is 19.7 Å². The van der Waals surface area contributed by atoms with Gasteiger partial charge in [0.05, 0.1) is 12.9 Å². The summed E-state index contributed by atoms with van der Waals surface area (Å²) in [5.74, 6) is 1.82. The molecule has 5 rings (SSSR count). The summed E-state index contributed by atoms with van der Waals surface area (Å²) in [6, 6.07) is 0.315. The van der Waals surface area contributed by atoms with E-state index in [0.29, 0.717) is 25.0 Å². The topological polar surface area (TPSA) is 97.6 Å². The van der Waals surface area contributed by atoms with E-state index >= 15 is 0 Å². The number of methoxy groups -OCH3 is 1. The van der Waals surface area contributed by atoms with Gasteiger partial charge in [-0.2, -0.15) is 0 Å². The molecule has 2 atom stereocenters. The van der Waals surface area contributed by atoms with Gasteiger partial charge in [-0.05, 0) is 12.8 Å². The SMILES string of the molecule is COCCn1cnc2c(N3CC4CN(C(=O)NC5CCOCC5)CC4C3)ncnc21. The Morgan fingerprint density at radius 3 is 2.67 bits per heavy atom. The summed E-state index contributed by atoms with van der Waals surface area (Å²) in [5, 5.41) is 3.19. The number of hydrogen-bond donors (Lipinski definition) is 1. The summed E-state index contributed by atoms with van der Waals surface area (Å²) in [7, 11) is 1.69. The molecule has 0 radical (unpaired) electrons. The van der Waals surface area contributed by atoms with Gasteiger partial charge < -0.3 is 29.2 Å². The Labute approximate surface area is 175 Å². The Hall–Kier alpha value is -2.46. The van der Waals surface area contributed by atoms with Crippen molar-refractivity contribution in [2.24, 2.45) is 11.8 Å². The van der Waals surface area contributed by atoms with E-state index in [-0.39, 0.29) is 12.1 Å². The molecule has 1 N–H and O–H groups in total. The zero-order chi connectivity index (χ0) is 20.5. The summed E-state index contributed by atoms with van der Waals surface area (Å²) < 4.78 is 12.6. The van der Waals surface area contributed by atoms with Crippen LogP contribution in [0, 0.1) is 11.8 Å². The average Bonchev–Trinajstić information content (AvgIpc) is 3.46. The number of nitrogens with zero attached hydrogens (tertiary/aromatic N) is 6. The second-order valence-corrected chi connectivity index (χ2v) is 8.47. The van der Waals surface area contributed by atoms with Gasteiger partial charge in [-0.1, -0.05) is 0 Å². The number of amides is 2. The molecular formula is C20H29N7O3. The number of nitrogens with one attached hydrogen (secondary N) is 1. The number of anilines is 1. The summed E-state index contributed by atoms with van der Waals surface area (Å²) in [5.41, 5.74) is 1.68. The maximum Gasteiger partial charge on any atom is 0.317 e. The van der Waals surface area contributed by atoms with Gasteiger partial charge in [0.1, 0.15) is 6.33 Å². The molecule has 2 unspecified atom stereocenters. The highest BCUT2D eigenvalue weighted by Crippen LogP contribution is 2.35. The van der Waals surface area contributed by atoms with E-state index in [1.54, 1.807) is 19.8 Å². The maximum atomic E-state index is 12.7. The molecule has 30 heavy (non-hydrogen) atoms. The quantitative estimate of drug-likeness (QED) is 0.769. The van der Waals surface area contributed by atoms with Crippen molar-refractivity contribution < 1.29 is 14.3 Å². The van der Waals surface area contributed by atoms with Crippen molar-refractivity contribution in [3.8, 4) is 0 Å². The van der Waals surface area contributed by atoms with Gasteiger partial charge in [0.2, 0.25) is 0 Å². The highest BCUT2D eigenvalue weighted by molar-refractivity contribution is 5.83. The van der Waals surface area contributed by atoms with Crippen LogP contribution in [0.25, 0.3) is 11.2 Å². The lowest BCUT2D eigenvalue weighted by Crippen LogP contribution is -2.46. The van der Waals surface area contributed by atoms with Crippen molar-refractivity contribution in [3.05, 3.63) is 12.7 Å². The van der Waals surface area contributed by atoms with Crippen LogP contribution in [0.5, 0.6) is 0 Å². The van der Waals surface area contributed by atoms with Crippen LogP contribution < -0.4 is 10.2 Å². The van der Waals surface area contributed by atoms with Gasteiger partial charge in [-0.3, -0.25) is 0 Å². The van der Waals surface area contributed by atoms with Crippen molar-refractivity contribution >= 4 is 23.0 Å². The van der Waals surface area contributed by atoms with Crippen LogP contribution in [0.4, 0.5) is 10.6 Å². The molecule has 10 heteroatoms. The Kier molecular flexibility index (Phi) is 5.43. The van der Waals surface area contributed by atoms with Crippen LogP contribution in [-0.2, 0) is 16.0 Å². The Morgan fingerprint density at radius 1 is 1.17 bits per heavy atom. The molecule has 0 aromatic carbocycles. The fourth-order valence-electron chi connectivity index (χ4n) is 4.89. The molecule has 2 aromatic rings. The molecule has 2 aromatic heterocycles. The fourth-order valence-corrected chi connectivity index (χ4v) is 4.89. The number of fused-ring (bicyclic) bond motifs is 2. The maximum absolute atomic E-state index is 12.7. The average molecular weight is 415 g/mol. The van der Waals surface area contributed by atoms with Crippen LogP contribution in [0.2, 0.25) is 0 Å². The van der Waals surface area contributed by atoms with E-state index in [1.165, 1.54) is 0 Å². The van der Waals surface area contributed by atoms with Crippen molar-refractivity contribution in [2.75, 3.05) is 58.0 Å². The normalized spacial score (nSPS) is 24.6. The monoisotopic (exact) mass is 415 g/mol. The lowest BCUT2D eigenvalue weighted by Gasteiger charge is -2.27. The van der Waals surface area contributed by atoms with Crippen LogP contribution in [0.15, 0.2) is 12.7 Å². The van der Waals surface area contributed by atoms with Crippen LogP contribution in [0.1, 0.15) is 12.8 Å². The molecule has 162 valence electrons. The first-order chi connectivity index (χ1) is 14.7. The predicted molar refractivity (Wildman–Crippen MR) is 110 cm³/mol. The minimum atomic E-state index is 0.0733. The van der Waals surface area contributed by atoms with E-state index in [9.17, 15) is 4.79 Å². The summed E-state index contributed by atoms with van der Waals surface area (Å²) >= 11 is 0. The Morgan fingerprint density at radius 2 is 1.93 bits per heavy atom. The first-order valence-corrected chi connectivity index (χ1v) is 10.8. The number of hydrogen-bond acceptors (Lipinski definition) is 7. The van der Waals surface area contributed by atoms with Crippen LogP contribution >= 0.6 is 0 Å². The van der Waals surface area contributed by atoms with Gasteiger partial charge >= 0.3 is 6.03 Å². The second kappa shape index (κ2) is 8.35. The highest BCUT2D eigenvalue weighted by Gasteiger charge is 2.42. The lowest BCUT2D eigenvalue weighted by molar-refractivity contribution is 0.0784. The smallest absolute Gasteiger partial charge is 0.317 e. The number of ether oxygens (including phenoxy) is 2. The third-order valence-corrected chi connectivity index (χ3v) is 6.54. The predicted octanol–water partition coefficient (Wildman–Crippen LogP) is 0.729. The zero-order valence-electron chi connectivity index (χ0n) is 17.4. The van der Waals surface area contributed by atoms with Crippen LogP contribution in [0.3, 0.4) is 0 Å². The largest absolute Gasteiger partial charge is 0.383 e. The molecule has 2 amide bonds. The first kappa shape index (κ1) is 19.5. The Balaban J connectivity index is 1.22. The molecule has 0 spiro atoms. The van der Waals surface area contributed by atoms with E-state index in [0.717, 1.165) is 69.2 Å². The number of likely N-dealkylation sites (tertiary alicyclic amines) is 1. The van der Waals surface area contributed by atoms with E-state index in [1.807, 2.05) is 9.47 Å². The number of carbonyl (C=O) groups is 1. The number of rotatable bonds is 5. The molecule has 0 saturated carbocycles. The second-order valence-electron chi connectivity index (χ2n) is 8.47. The van der Waals surface area contributed by atoms with Crippen molar-refractivity contribution in [1.29, 1.82) is 0 Å². The van der Waals surface area contributed by atoms with Gasteiger partial charge in [0, 0.05) is 70.9 Å². The number of urea groups is 1. The van der Waals surface area contributed by atoms with Crippen molar-refractivity contribution in [1.82, 2.24) is 29.7 Å². The molecular weight excluding hydrogens is 386 g/mol. The van der Waals surface area contributed by atoms with E-state index < -0.39 is 0 Å². The first-order valence-electron chi connectivity index (χ1n) is 10.8.